The summed E-state index contributed by atoms with van der Waals surface area (Å²) >= 11 is 0. The quantitative estimate of drug-likeness (QED) is 0.218. The SMILES string of the molecule is C1=CCC(c2ccc(-c3cccc(C4CC=CC5=C4Oc4ccccc4C54c5ccccc5-c5ccccc54)c3)nn2)C=C1. The van der Waals surface area contributed by atoms with Crippen LogP contribution in [0.2, 0.25) is 0 Å². The van der Waals surface area contributed by atoms with E-state index in [1.807, 2.05) is 0 Å². The fourth-order valence-corrected chi connectivity index (χ4v) is 7.78. The Balaban J connectivity index is 1.18. The molecule has 0 N–H and O–H groups in total. The molecule has 3 aliphatic carbocycles. The van der Waals surface area contributed by atoms with E-state index in [2.05, 4.69) is 156 Å². The molecule has 5 aromatic rings. The molecule has 2 unspecified atom stereocenters. The maximum Gasteiger partial charge on any atom is 0.131 e. The van der Waals surface area contributed by atoms with Crippen molar-refractivity contribution in [2.75, 3.05) is 0 Å². The third-order valence-electron chi connectivity index (χ3n) is 9.74. The molecular weight excluding hydrogens is 536 g/mol. The highest BCUT2D eigenvalue weighted by atomic mass is 16.5. The summed E-state index contributed by atoms with van der Waals surface area (Å²) in [6, 6.07) is 39.4. The normalized spacial score (nSPS) is 20.1. The Hall–Kier alpha value is -5.28. The zero-order valence-electron chi connectivity index (χ0n) is 24.2. The molecule has 4 aromatic carbocycles. The van der Waals surface area contributed by atoms with Crippen LogP contribution in [-0.2, 0) is 5.41 Å². The number of aromatic nitrogens is 2. The number of hydrogen-bond acceptors (Lipinski definition) is 3. The van der Waals surface area contributed by atoms with Crippen molar-refractivity contribution in [3.8, 4) is 28.1 Å². The third-order valence-corrected chi connectivity index (χ3v) is 9.74. The maximum atomic E-state index is 6.94. The standard InChI is InChI=1S/C41H30N2O/c1-2-12-27(13-3-1)37-24-25-38(43-42-37)29-15-10-14-28(26-29)30-18-11-22-36-40(30)44-39-23-9-8-21-35(39)41(36)33-19-6-4-16-31(33)32-17-5-7-20-34(32)41/h1-12,14-17,19-27,30H,13,18H2. The fraction of sp³-hybridized carbons (Fsp3) is 0.122. The molecule has 1 aromatic heterocycles. The van der Waals surface area contributed by atoms with Crippen LogP contribution in [-0.4, -0.2) is 10.2 Å². The molecule has 210 valence electrons. The van der Waals surface area contributed by atoms with Gasteiger partial charge in [-0.2, -0.15) is 10.2 Å². The molecule has 0 bridgehead atoms. The highest BCUT2D eigenvalue weighted by molar-refractivity contribution is 5.88. The summed E-state index contributed by atoms with van der Waals surface area (Å²) in [6.45, 7) is 0. The minimum Gasteiger partial charge on any atom is -0.460 e. The number of nitrogens with zero attached hydrogens (tertiary/aromatic N) is 2. The van der Waals surface area contributed by atoms with Crippen LogP contribution in [0.5, 0.6) is 5.75 Å². The summed E-state index contributed by atoms with van der Waals surface area (Å²) in [5.41, 5.74) is 11.4. The lowest BCUT2D eigenvalue weighted by molar-refractivity contribution is 0.345. The van der Waals surface area contributed by atoms with E-state index in [4.69, 9.17) is 4.74 Å². The summed E-state index contributed by atoms with van der Waals surface area (Å²) in [5.74, 6) is 2.33. The lowest BCUT2D eigenvalue weighted by Gasteiger charge is -2.43. The Morgan fingerprint density at radius 3 is 2.18 bits per heavy atom. The summed E-state index contributed by atoms with van der Waals surface area (Å²) in [4.78, 5) is 0. The monoisotopic (exact) mass is 566 g/mol. The number of ether oxygens (including phenoxy) is 1. The highest BCUT2D eigenvalue weighted by Gasteiger charge is 2.52. The van der Waals surface area contributed by atoms with Crippen LogP contribution in [0.15, 0.2) is 157 Å². The maximum absolute atomic E-state index is 6.94. The van der Waals surface area contributed by atoms with Gasteiger partial charge in [-0.05, 0) is 64.9 Å². The Morgan fingerprint density at radius 2 is 1.43 bits per heavy atom. The predicted molar refractivity (Wildman–Crippen MR) is 175 cm³/mol. The van der Waals surface area contributed by atoms with Crippen molar-refractivity contribution < 1.29 is 4.74 Å². The average Bonchev–Trinajstić information content (AvgIpc) is 3.40. The Labute approximate surface area is 257 Å². The number of allylic oxidation sites excluding steroid dienone is 8. The van der Waals surface area contributed by atoms with Gasteiger partial charge in [-0.15, -0.1) is 0 Å². The van der Waals surface area contributed by atoms with E-state index < -0.39 is 5.41 Å². The molecule has 4 aliphatic rings. The summed E-state index contributed by atoms with van der Waals surface area (Å²) in [6.07, 6.45) is 15.1. The van der Waals surface area contributed by atoms with E-state index in [9.17, 15) is 0 Å². The van der Waals surface area contributed by atoms with Gasteiger partial charge in [0.2, 0.25) is 0 Å². The van der Waals surface area contributed by atoms with E-state index in [1.54, 1.807) is 0 Å². The third kappa shape index (κ3) is 3.62. The second-order valence-corrected chi connectivity index (χ2v) is 12.0. The number of hydrogen-bond donors (Lipinski definition) is 0. The van der Waals surface area contributed by atoms with Crippen molar-refractivity contribution in [3.05, 3.63) is 185 Å². The van der Waals surface area contributed by atoms with E-state index >= 15 is 0 Å². The van der Waals surface area contributed by atoms with E-state index in [0.717, 1.165) is 41.3 Å². The Bertz CT molecular complexity index is 2020. The van der Waals surface area contributed by atoms with E-state index in [0.29, 0.717) is 0 Å². The molecule has 2 atom stereocenters. The lowest BCUT2D eigenvalue weighted by Crippen LogP contribution is -2.36. The van der Waals surface area contributed by atoms with Gasteiger partial charge in [0.25, 0.3) is 0 Å². The van der Waals surface area contributed by atoms with Gasteiger partial charge >= 0.3 is 0 Å². The van der Waals surface area contributed by atoms with E-state index in [-0.39, 0.29) is 11.8 Å². The number of fused-ring (bicyclic) bond motifs is 8. The van der Waals surface area contributed by atoms with Crippen molar-refractivity contribution in [3.63, 3.8) is 0 Å². The highest BCUT2D eigenvalue weighted by Crippen LogP contribution is 2.62. The van der Waals surface area contributed by atoms with Crippen molar-refractivity contribution >= 4 is 0 Å². The largest absolute Gasteiger partial charge is 0.460 e. The minimum atomic E-state index is -0.436. The van der Waals surface area contributed by atoms with Crippen LogP contribution >= 0.6 is 0 Å². The topological polar surface area (TPSA) is 35.0 Å². The first-order valence-corrected chi connectivity index (χ1v) is 15.5. The van der Waals surface area contributed by atoms with E-state index in [1.165, 1.54) is 39.0 Å². The number of rotatable bonds is 3. The zero-order chi connectivity index (χ0) is 29.1. The van der Waals surface area contributed by atoms with Gasteiger partial charge < -0.3 is 4.74 Å². The molecule has 1 aliphatic heterocycles. The molecular formula is C41H30N2O. The first-order valence-electron chi connectivity index (χ1n) is 15.5. The number of benzene rings is 4. The Kier molecular flexibility index (Phi) is 5.67. The van der Waals surface area contributed by atoms with Crippen LogP contribution in [0.25, 0.3) is 22.4 Å². The molecule has 0 saturated heterocycles. The summed E-state index contributed by atoms with van der Waals surface area (Å²) in [7, 11) is 0. The van der Waals surface area contributed by atoms with Crippen molar-refractivity contribution in [2.45, 2.75) is 30.1 Å². The second kappa shape index (κ2) is 9.89. The molecule has 3 nitrogen and oxygen atoms in total. The van der Waals surface area contributed by atoms with Gasteiger partial charge in [-0.1, -0.05) is 121 Å². The first kappa shape index (κ1) is 25.2. The van der Waals surface area contributed by atoms with Crippen molar-refractivity contribution in [1.29, 1.82) is 0 Å². The molecule has 3 heteroatoms. The van der Waals surface area contributed by atoms with Crippen LogP contribution in [0.1, 0.15) is 52.6 Å². The predicted octanol–water partition coefficient (Wildman–Crippen LogP) is 9.45. The Morgan fingerprint density at radius 1 is 0.659 bits per heavy atom. The average molecular weight is 567 g/mol. The molecule has 1 spiro atoms. The van der Waals surface area contributed by atoms with Gasteiger partial charge in [0, 0.05) is 28.5 Å². The summed E-state index contributed by atoms with van der Waals surface area (Å²) < 4.78 is 6.94. The van der Waals surface area contributed by atoms with Gasteiger partial charge in [-0.3, -0.25) is 0 Å². The first-order chi connectivity index (χ1) is 21.8. The molecule has 0 radical (unpaired) electrons. The summed E-state index contributed by atoms with van der Waals surface area (Å²) in [5, 5.41) is 9.29. The number of para-hydroxylation sites is 1. The lowest BCUT2D eigenvalue weighted by atomic mass is 9.63. The molecule has 0 saturated carbocycles. The van der Waals surface area contributed by atoms with Gasteiger partial charge in [0.15, 0.2) is 0 Å². The fourth-order valence-electron chi connectivity index (χ4n) is 7.78. The van der Waals surface area contributed by atoms with Crippen molar-refractivity contribution in [1.82, 2.24) is 10.2 Å². The zero-order valence-corrected chi connectivity index (χ0v) is 24.2. The molecule has 44 heavy (non-hydrogen) atoms. The van der Waals surface area contributed by atoms with Crippen LogP contribution in [0.4, 0.5) is 0 Å². The molecule has 2 heterocycles. The van der Waals surface area contributed by atoms with Crippen LogP contribution < -0.4 is 4.74 Å². The molecule has 0 fully saturated rings. The minimum absolute atomic E-state index is 0.0755. The van der Waals surface area contributed by atoms with Crippen molar-refractivity contribution in [2.24, 2.45) is 0 Å². The molecule has 0 amide bonds. The molecule has 9 rings (SSSR count). The second-order valence-electron chi connectivity index (χ2n) is 12.0. The van der Waals surface area contributed by atoms with Crippen LogP contribution in [0.3, 0.4) is 0 Å². The van der Waals surface area contributed by atoms with Crippen LogP contribution in [0, 0.1) is 0 Å². The smallest absolute Gasteiger partial charge is 0.131 e. The van der Waals surface area contributed by atoms with Gasteiger partial charge in [0.05, 0.1) is 16.8 Å². The van der Waals surface area contributed by atoms with Gasteiger partial charge in [-0.25, -0.2) is 0 Å². The van der Waals surface area contributed by atoms with Gasteiger partial charge in [0.1, 0.15) is 11.5 Å².